The first-order chi connectivity index (χ1) is 3.92. The topological polar surface area (TPSA) is 34.1 Å². The van der Waals surface area contributed by atoms with Crippen LogP contribution in [0.5, 0.6) is 0 Å². The molecular weight excluding hydrogens is 174 g/mol. The lowest BCUT2D eigenvalue weighted by atomic mass is 10.7. The Morgan fingerprint density at radius 3 is 2.11 bits per heavy atom. The van der Waals surface area contributed by atoms with Crippen molar-refractivity contribution in [2.24, 2.45) is 0 Å². The van der Waals surface area contributed by atoms with Crippen LogP contribution in [-0.2, 0) is 9.05 Å². The fraction of sp³-hybridized carbons (Fsp3) is 0.333. The summed E-state index contributed by atoms with van der Waals surface area (Å²) in [6.07, 6.45) is -1.80. The predicted molar refractivity (Wildman–Crippen MR) is 29.9 cm³/mol. The van der Waals surface area contributed by atoms with Gasteiger partial charge in [0.15, 0.2) is 0 Å². The molecule has 0 unspecified atom stereocenters. The van der Waals surface area contributed by atoms with Crippen molar-refractivity contribution in [1.82, 2.24) is 0 Å². The van der Waals surface area contributed by atoms with E-state index in [2.05, 4.69) is 10.7 Å². The summed E-state index contributed by atoms with van der Waals surface area (Å²) >= 11 is 0. The van der Waals surface area contributed by atoms with Gasteiger partial charge in [-0.05, 0) is 6.08 Å². The highest BCUT2D eigenvalue weighted by atomic mass is 35.7. The molecule has 0 saturated heterocycles. The molecule has 0 aliphatic heterocycles. The van der Waals surface area contributed by atoms with Crippen molar-refractivity contribution in [3.8, 4) is 0 Å². The SMILES string of the molecule is O=S(=O)(Cl)CC=C(F)F. The molecular formula is C3H3ClF2O2S. The fourth-order valence-corrected chi connectivity index (χ4v) is 0.677. The zero-order valence-electron chi connectivity index (χ0n) is 4.14. The third-order valence-corrected chi connectivity index (χ3v) is 1.38. The van der Waals surface area contributed by atoms with Gasteiger partial charge in [0, 0.05) is 10.7 Å². The Kier molecular flexibility index (Phi) is 3.07. The van der Waals surface area contributed by atoms with Crippen molar-refractivity contribution in [2.75, 3.05) is 5.75 Å². The van der Waals surface area contributed by atoms with Crippen LogP contribution < -0.4 is 0 Å². The number of halogens is 3. The summed E-state index contributed by atoms with van der Waals surface area (Å²) < 4.78 is 42.1. The first-order valence-corrected chi connectivity index (χ1v) is 4.33. The van der Waals surface area contributed by atoms with E-state index in [-0.39, 0.29) is 6.08 Å². The lowest BCUT2D eigenvalue weighted by Crippen LogP contribution is -1.92. The van der Waals surface area contributed by atoms with Crippen LogP contribution in [0.4, 0.5) is 8.78 Å². The van der Waals surface area contributed by atoms with Crippen molar-refractivity contribution in [1.29, 1.82) is 0 Å². The molecule has 0 saturated carbocycles. The molecule has 0 amide bonds. The monoisotopic (exact) mass is 176 g/mol. The highest BCUT2D eigenvalue weighted by Gasteiger charge is 2.02. The maximum Gasteiger partial charge on any atom is 0.267 e. The third kappa shape index (κ3) is 7.84. The summed E-state index contributed by atoms with van der Waals surface area (Å²) in [5.41, 5.74) is 0. The third-order valence-electron chi connectivity index (χ3n) is 0.437. The van der Waals surface area contributed by atoms with E-state index in [0.29, 0.717) is 0 Å². The van der Waals surface area contributed by atoms with Crippen LogP contribution in [0.25, 0.3) is 0 Å². The van der Waals surface area contributed by atoms with E-state index in [1.165, 1.54) is 0 Å². The largest absolute Gasteiger partial charge is 0.267 e. The van der Waals surface area contributed by atoms with E-state index in [1.807, 2.05) is 0 Å². The second-order valence-corrected chi connectivity index (χ2v) is 4.02. The quantitative estimate of drug-likeness (QED) is 0.595. The lowest BCUT2D eigenvalue weighted by molar-refractivity contribution is 0.420. The molecule has 54 valence electrons. The van der Waals surface area contributed by atoms with Crippen molar-refractivity contribution >= 4 is 19.7 Å². The van der Waals surface area contributed by atoms with E-state index < -0.39 is 20.9 Å². The van der Waals surface area contributed by atoms with Crippen LogP contribution in [-0.4, -0.2) is 14.2 Å². The van der Waals surface area contributed by atoms with E-state index in [1.54, 1.807) is 0 Å². The van der Waals surface area contributed by atoms with Crippen LogP contribution in [0.15, 0.2) is 12.2 Å². The zero-order chi connectivity index (χ0) is 7.49. The molecule has 0 aromatic heterocycles. The average Bonchev–Trinajstić information content (AvgIpc) is 1.59. The van der Waals surface area contributed by atoms with E-state index in [0.717, 1.165) is 0 Å². The van der Waals surface area contributed by atoms with Crippen molar-refractivity contribution < 1.29 is 17.2 Å². The highest BCUT2D eigenvalue weighted by molar-refractivity contribution is 8.13. The molecule has 9 heavy (non-hydrogen) atoms. The van der Waals surface area contributed by atoms with Gasteiger partial charge in [0.2, 0.25) is 9.05 Å². The summed E-state index contributed by atoms with van der Waals surface area (Å²) in [6, 6.07) is 0. The predicted octanol–water partition coefficient (Wildman–Crippen LogP) is 1.34. The highest BCUT2D eigenvalue weighted by Crippen LogP contribution is 2.01. The normalized spacial score (nSPS) is 11.0. The molecule has 0 aromatic rings. The lowest BCUT2D eigenvalue weighted by Gasteiger charge is -1.82. The first kappa shape index (κ1) is 8.84. The van der Waals surface area contributed by atoms with E-state index >= 15 is 0 Å². The Hall–Kier alpha value is -0.160. The fourth-order valence-electron chi connectivity index (χ4n) is 0.163. The Labute approximate surface area is 55.5 Å². The number of hydrogen-bond donors (Lipinski definition) is 0. The van der Waals surface area contributed by atoms with Gasteiger partial charge in [0.25, 0.3) is 6.08 Å². The molecule has 0 bridgehead atoms. The number of rotatable bonds is 2. The molecule has 0 heterocycles. The smallest absolute Gasteiger partial charge is 0.212 e. The van der Waals surface area contributed by atoms with Crippen LogP contribution >= 0.6 is 10.7 Å². The maximum absolute atomic E-state index is 11.1. The molecule has 2 nitrogen and oxygen atoms in total. The van der Waals surface area contributed by atoms with Gasteiger partial charge < -0.3 is 0 Å². The Morgan fingerprint density at radius 1 is 1.56 bits per heavy atom. The van der Waals surface area contributed by atoms with E-state index in [9.17, 15) is 17.2 Å². The van der Waals surface area contributed by atoms with Gasteiger partial charge in [-0.15, -0.1) is 0 Å². The molecule has 6 heteroatoms. The summed E-state index contributed by atoms with van der Waals surface area (Å²) in [5.74, 6) is -0.823. The van der Waals surface area contributed by atoms with Gasteiger partial charge in [-0.2, -0.15) is 8.78 Å². The van der Waals surface area contributed by atoms with Crippen molar-refractivity contribution in [3.05, 3.63) is 12.2 Å². The molecule has 0 aliphatic rings. The van der Waals surface area contributed by atoms with E-state index in [4.69, 9.17) is 0 Å². The van der Waals surface area contributed by atoms with Crippen LogP contribution in [0.1, 0.15) is 0 Å². The summed E-state index contributed by atoms with van der Waals surface area (Å²) in [4.78, 5) is 0. The Morgan fingerprint density at radius 2 is 2.00 bits per heavy atom. The Bertz CT molecular complexity index is 204. The molecule has 0 fully saturated rings. The van der Waals surface area contributed by atoms with Crippen LogP contribution in [0, 0.1) is 0 Å². The van der Waals surface area contributed by atoms with Gasteiger partial charge >= 0.3 is 0 Å². The molecule has 0 N–H and O–H groups in total. The molecule has 0 spiro atoms. The summed E-state index contributed by atoms with van der Waals surface area (Å²) in [5, 5.41) is 0. The van der Waals surface area contributed by atoms with Gasteiger partial charge in [-0.3, -0.25) is 0 Å². The minimum atomic E-state index is -3.80. The van der Waals surface area contributed by atoms with Gasteiger partial charge in [0.1, 0.15) is 0 Å². The molecule has 0 radical (unpaired) electrons. The van der Waals surface area contributed by atoms with Crippen molar-refractivity contribution in [2.45, 2.75) is 0 Å². The second-order valence-electron chi connectivity index (χ2n) is 1.20. The zero-order valence-corrected chi connectivity index (χ0v) is 5.72. The summed E-state index contributed by atoms with van der Waals surface area (Å²) in [6.45, 7) is 0. The van der Waals surface area contributed by atoms with Crippen LogP contribution in [0.2, 0.25) is 0 Å². The average molecular weight is 177 g/mol. The molecule has 0 aliphatic carbocycles. The second kappa shape index (κ2) is 3.12. The van der Waals surface area contributed by atoms with Gasteiger partial charge in [0.05, 0.1) is 5.75 Å². The molecule has 0 rings (SSSR count). The molecule has 0 aromatic carbocycles. The first-order valence-electron chi connectivity index (χ1n) is 1.85. The standard InChI is InChI=1S/C3H3ClF2O2S/c4-9(7,8)2-1-3(5)6/h1H,2H2. The van der Waals surface area contributed by atoms with Gasteiger partial charge in [-0.25, -0.2) is 8.42 Å². The minimum Gasteiger partial charge on any atom is -0.212 e. The minimum absolute atomic E-state index is 0.238. The maximum atomic E-state index is 11.1. The summed E-state index contributed by atoms with van der Waals surface area (Å²) in [7, 11) is 0.768. The van der Waals surface area contributed by atoms with Gasteiger partial charge in [-0.1, -0.05) is 0 Å². The molecule has 0 atom stereocenters. The van der Waals surface area contributed by atoms with Crippen molar-refractivity contribution in [3.63, 3.8) is 0 Å². The number of hydrogen-bond acceptors (Lipinski definition) is 2. The Balaban J connectivity index is 3.95. The van der Waals surface area contributed by atoms with Crippen LogP contribution in [0.3, 0.4) is 0 Å².